The summed E-state index contributed by atoms with van der Waals surface area (Å²) in [6, 6.07) is 4.59. The number of hydrogen-bond donors (Lipinski definition) is 1. The summed E-state index contributed by atoms with van der Waals surface area (Å²) in [5.41, 5.74) is 0.503. The summed E-state index contributed by atoms with van der Waals surface area (Å²) in [4.78, 5) is 8.07. The van der Waals surface area contributed by atoms with E-state index in [0.717, 1.165) is 5.39 Å². The fourth-order valence-corrected chi connectivity index (χ4v) is 1.63. The Hall–Kier alpha value is -1.42. The summed E-state index contributed by atoms with van der Waals surface area (Å²) >= 11 is 5.77. The van der Waals surface area contributed by atoms with Crippen LogP contribution < -0.4 is 5.32 Å². The maximum atomic E-state index is 13.0. The van der Waals surface area contributed by atoms with Gasteiger partial charge in [-0.2, -0.15) is 0 Å². The predicted octanol–water partition coefficient (Wildman–Crippen LogP) is 3.24. The van der Waals surface area contributed by atoms with Crippen molar-refractivity contribution in [3.63, 3.8) is 0 Å². The second-order valence-electron chi connectivity index (χ2n) is 3.80. The summed E-state index contributed by atoms with van der Waals surface area (Å²) < 4.78 is 13.0. The third-order valence-electron chi connectivity index (χ3n) is 2.06. The molecule has 1 aromatic carbocycles. The molecule has 0 bridgehead atoms. The zero-order chi connectivity index (χ0) is 11.7. The van der Waals surface area contributed by atoms with Crippen molar-refractivity contribution >= 4 is 28.3 Å². The highest BCUT2D eigenvalue weighted by Gasteiger charge is 2.08. The molecule has 3 nitrogen and oxygen atoms in total. The second-order valence-corrected chi connectivity index (χ2v) is 4.14. The first kappa shape index (κ1) is 11.1. The molecule has 0 fully saturated rings. The molecule has 0 saturated carbocycles. The molecule has 0 atom stereocenters. The minimum atomic E-state index is -0.335. The van der Waals surface area contributed by atoms with Crippen LogP contribution in [0.15, 0.2) is 18.2 Å². The maximum absolute atomic E-state index is 13.0. The van der Waals surface area contributed by atoms with Crippen LogP contribution in [-0.2, 0) is 0 Å². The van der Waals surface area contributed by atoms with Crippen molar-refractivity contribution in [3.8, 4) is 0 Å². The Morgan fingerprint density at radius 2 is 2.06 bits per heavy atom. The van der Waals surface area contributed by atoms with E-state index in [-0.39, 0.29) is 17.1 Å². The van der Waals surface area contributed by atoms with Crippen molar-refractivity contribution in [2.75, 3.05) is 5.32 Å². The lowest BCUT2D eigenvalue weighted by Gasteiger charge is -2.11. The first-order valence-electron chi connectivity index (χ1n) is 4.95. The number of hydrogen-bond acceptors (Lipinski definition) is 3. The average molecular weight is 240 g/mol. The van der Waals surface area contributed by atoms with E-state index in [1.54, 1.807) is 6.07 Å². The molecule has 0 aliphatic rings. The molecule has 0 unspecified atom stereocenters. The molecule has 2 rings (SSSR count). The largest absolute Gasteiger partial charge is 0.367 e. The summed E-state index contributed by atoms with van der Waals surface area (Å²) in [6.07, 6.45) is 0. The molecule has 16 heavy (non-hydrogen) atoms. The highest BCUT2D eigenvalue weighted by atomic mass is 35.5. The smallest absolute Gasteiger partial charge is 0.224 e. The molecular formula is C11H11ClFN3. The summed E-state index contributed by atoms with van der Waals surface area (Å²) in [7, 11) is 0. The summed E-state index contributed by atoms with van der Waals surface area (Å²) in [5, 5.41) is 4.03. The van der Waals surface area contributed by atoms with Crippen LogP contribution in [0.4, 0.5) is 10.2 Å². The van der Waals surface area contributed by atoms with E-state index in [0.29, 0.717) is 11.3 Å². The highest BCUT2D eigenvalue weighted by Crippen LogP contribution is 2.23. The minimum absolute atomic E-state index is 0.112. The Bertz CT molecular complexity index is 523. The number of aromatic nitrogens is 2. The first-order chi connectivity index (χ1) is 7.56. The van der Waals surface area contributed by atoms with Gasteiger partial charge in [0, 0.05) is 17.5 Å². The minimum Gasteiger partial charge on any atom is -0.367 e. The average Bonchev–Trinajstić information content (AvgIpc) is 2.15. The van der Waals surface area contributed by atoms with Crippen molar-refractivity contribution in [2.45, 2.75) is 19.9 Å². The van der Waals surface area contributed by atoms with Gasteiger partial charge >= 0.3 is 0 Å². The van der Waals surface area contributed by atoms with Crippen LogP contribution in [0.25, 0.3) is 10.9 Å². The number of anilines is 1. The third kappa shape index (κ3) is 2.22. The molecule has 1 N–H and O–H groups in total. The molecule has 5 heteroatoms. The van der Waals surface area contributed by atoms with E-state index in [4.69, 9.17) is 11.6 Å². The number of nitrogens with zero attached hydrogens (tertiary/aromatic N) is 2. The Morgan fingerprint density at radius 3 is 2.75 bits per heavy atom. The van der Waals surface area contributed by atoms with Crippen molar-refractivity contribution in [3.05, 3.63) is 29.3 Å². The zero-order valence-corrected chi connectivity index (χ0v) is 9.72. The Morgan fingerprint density at radius 1 is 1.31 bits per heavy atom. The molecule has 0 aliphatic carbocycles. The Balaban J connectivity index is 2.63. The molecule has 2 aromatic rings. The van der Waals surface area contributed by atoms with Crippen LogP contribution in [0, 0.1) is 5.82 Å². The fraction of sp³-hybridized carbons (Fsp3) is 0.273. The van der Waals surface area contributed by atoms with E-state index in [1.807, 2.05) is 13.8 Å². The van der Waals surface area contributed by atoms with Gasteiger partial charge in [-0.15, -0.1) is 0 Å². The van der Waals surface area contributed by atoms with E-state index < -0.39 is 0 Å². The van der Waals surface area contributed by atoms with Gasteiger partial charge in [0.2, 0.25) is 5.28 Å². The number of benzene rings is 1. The zero-order valence-electron chi connectivity index (χ0n) is 8.96. The van der Waals surface area contributed by atoms with Crippen LogP contribution in [0.2, 0.25) is 5.28 Å². The van der Waals surface area contributed by atoms with Gasteiger partial charge in [0.15, 0.2) is 0 Å². The van der Waals surface area contributed by atoms with E-state index in [2.05, 4.69) is 15.3 Å². The summed E-state index contributed by atoms with van der Waals surface area (Å²) in [5.74, 6) is 0.294. The van der Waals surface area contributed by atoms with Gasteiger partial charge in [-0.3, -0.25) is 0 Å². The van der Waals surface area contributed by atoms with Crippen LogP contribution in [0.1, 0.15) is 13.8 Å². The highest BCUT2D eigenvalue weighted by molar-refractivity contribution is 6.28. The van der Waals surface area contributed by atoms with Gasteiger partial charge in [-0.05, 0) is 37.6 Å². The molecule has 0 spiro atoms. The molecule has 0 amide bonds. The van der Waals surface area contributed by atoms with E-state index in [1.165, 1.54) is 12.1 Å². The molecule has 1 aromatic heterocycles. The topological polar surface area (TPSA) is 37.8 Å². The van der Waals surface area contributed by atoms with Crippen LogP contribution in [0.3, 0.4) is 0 Å². The SMILES string of the molecule is CC(C)Nc1nc(Cl)nc2cc(F)ccc12. The van der Waals surface area contributed by atoms with E-state index >= 15 is 0 Å². The van der Waals surface area contributed by atoms with Gasteiger partial charge in [0.25, 0.3) is 0 Å². The molecule has 84 valence electrons. The van der Waals surface area contributed by atoms with Gasteiger partial charge in [-0.25, -0.2) is 14.4 Å². The number of fused-ring (bicyclic) bond motifs is 1. The van der Waals surface area contributed by atoms with Crippen molar-refractivity contribution in [1.29, 1.82) is 0 Å². The lowest BCUT2D eigenvalue weighted by atomic mass is 10.2. The van der Waals surface area contributed by atoms with Crippen molar-refractivity contribution in [1.82, 2.24) is 9.97 Å². The quantitative estimate of drug-likeness (QED) is 0.818. The molecule has 0 aliphatic heterocycles. The monoisotopic (exact) mass is 239 g/mol. The first-order valence-corrected chi connectivity index (χ1v) is 5.33. The summed E-state index contributed by atoms with van der Waals surface area (Å²) in [6.45, 7) is 3.98. The van der Waals surface area contributed by atoms with Gasteiger partial charge in [0.1, 0.15) is 11.6 Å². The normalized spacial score (nSPS) is 11.1. The van der Waals surface area contributed by atoms with Crippen LogP contribution >= 0.6 is 11.6 Å². The van der Waals surface area contributed by atoms with Crippen molar-refractivity contribution < 1.29 is 4.39 Å². The Labute approximate surface area is 97.7 Å². The van der Waals surface area contributed by atoms with Gasteiger partial charge in [0.05, 0.1) is 5.52 Å². The standard InChI is InChI=1S/C11H11ClFN3/c1-6(2)14-10-8-4-3-7(13)5-9(8)15-11(12)16-10/h3-6H,1-2H3,(H,14,15,16). The van der Waals surface area contributed by atoms with Crippen LogP contribution in [-0.4, -0.2) is 16.0 Å². The molecule has 0 radical (unpaired) electrons. The molecular weight excluding hydrogens is 229 g/mol. The number of nitrogens with one attached hydrogen (secondary N) is 1. The van der Waals surface area contributed by atoms with Crippen LogP contribution in [0.5, 0.6) is 0 Å². The second kappa shape index (κ2) is 4.22. The van der Waals surface area contributed by atoms with Gasteiger partial charge in [-0.1, -0.05) is 0 Å². The van der Waals surface area contributed by atoms with E-state index in [9.17, 15) is 4.39 Å². The number of halogens is 2. The lowest BCUT2D eigenvalue weighted by Crippen LogP contribution is -2.11. The molecule has 0 saturated heterocycles. The fourth-order valence-electron chi connectivity index (χ4n) is 1.46. The molecule has 1 heterocycles. The Kier molecular flexibility index (Phi) is 2.92. The van der Waals surface area contributed by atoms with Gasteiger partial charge < -0.3 is 5.32 Å². The lowest BCUT2D eigenvalue weighted by molar-refractivity contribution is 0.629. The number of rotatable bonds is 2. The van der Waals surface area contributed by atoms with Crippen molar-refractivity contribution in [2.24, 2.45) is 0 Å². The maximum Gasteiger partial charge on any atom is 0.224 e. The predicted molar refractivity (Wildman–Crippen MR) is 63.3 cm³/mol. The third-order valence-corrected chi connectivity index (χ3v) is 2.23.